The third-order valence-corrected chi connectivity index (χ3v) is 8.78. The summed E-state index contributed by atoms with van der Waals surface area (Å²) in [6, 6.07) is 23.2. The van der Waals surface area contributed by atoms with Crippen molar-refractivity contribution >= 4 is 29.2 Å². The fourth-order valence-electron chi connectivity index (χ4n) is 6.53. The number of benzene rings is 4. The van der Waals surface area contributed by atoms with Crippen molar-refractivity contribution in [1.29, 1.82) is 0 Å². The molecule has 4 aromatic carbocycles. The largest absolute Gasteiger partial charge is 0.507 e. The topological polar surface area (TPSA) is 112 Å². The molecule has 0 aliphatic carbocycles. The first kappa shape index (κ1) is 29.7. The van der Waals surface area contributed by atoms with Crippen LogP contribution >= 0.6 is 0 Å². The maximum Gasteiger partial charge on any atom is 0.275 e. The van der Waals surface area contributed by atoms with Crippen LogP contribution in [0.2, 0.25) is 0 Å². The Morgan fingerprint density at radius 3 is 1.98 bits per heavy atom. The second-order valence-corrected chi connectivity index (χ2v) is 10.9. The van der Waals surface area contributed by atoms with Gasteiger partial charge >= 0.3 is 0 Å². The van der Waals surface area contributed by atoms with Gasteiger partial charge in [0.25, 0.3) is 11.6 Å². The molecular formula is C35H35N5O5. The molecule has 0 unspecified atom stereocenters. The third kappa shape index (κ3) is 4.64. The number of anilines is 2. The highest BCUT2D eigenvalue weighted by Crippen LogP contribution is 2.58. The molecule has 0 aromatic heterocycles. The lowest BCUT2D eigenvalue weighted by Crippen LogP contribution is -2.44. The van der Waals surface area contributed by atoms with E-state index in [0.29, 0.717) is 17.1 Å². The van der Waals surface area contributed by atoms with Crippen LogP contribution in [0.1, 0.15) is 60.3 Å². The molecule has 2 aliphatic rings. The monoisotopic (exact) mass is 605 g/mol. The van der Waals surface area contributed by atoms with Crippen LogP contribution in [0.3, 0.4) is 0 Å². The van der Waals surface area contributed by atoms with E-state index in [0.717, 1.165) is 54.2 Å². The van der Waals surface area contributed by atoms with E-state index in [4.69, 9.17) is 9.84 Å². The number of non-ortho nitro benzene ring substituents is 1. The van der Waals surface area contributed by atoms with E-state index < -0.39 is 10.5 Å². The highest BCUT2D eigenvalue weighted by molar-refractivity contribution is 6.03. The molecule has 0 fully saturated rings. The number of fused-ring (bicyclic) bond motifs is 6. The van der Waals surface area contributed by atoms with Gasteiger partial charge in [-0.05, 0) is 52.0 Å². The number of phenols is 1. The van der Waals surface area contributed by atoms with Gasteiger partial charge in [-0.3, -0.25) is 14.9 Å². The molecule has 4 aromatic rings. The van der Waals surface area contributed by atoms with Crippen molar-refractivity contribution in [2.75, 3.05) is 36.0 Å². The van der Waals surface area contributed by atoms with E-state index in [9.17, 15) is 20.0 Å². The van der Waals surface area contributed by atoms with Gasteiger partial charge in [-0.15, -0.1) is 0 Å². The van der Waals surface area contributed by atoms with Crippen molar-refractivity contribution in [3.05, 3.63) is 117 Å². The van der Waals surface area contributed by atoms with Crippen molar-refractivity contribution in [2.45, 2.75) is 33.2 Å². The predicted molar refractivity (Wildman–Crippen MR) is 175 cm³/mol. The summed E-state index contributed by atoms with van der Waals surface area (Å²) in [5.74, 6) is 0.673. The molecule has 0 saturated heterocycles. The summed E-state index contributed by atoms with van der Waals surface area (Å²) in [7, 11) is 0. The lowest BCUT2D eigenvalue weighted by molar-refractivity contribution is -0.384. The number of nitrogens with zero attached hydrogens (tertiary/aromatic N) is 5. The summed E-state index contributed by atoms with van der Waals surface area (Å²) in [6.45, 7) is 11.7. The summed E-state index contributed by atoms with van der Waals surface area (Å²) >= 11 is 0. The number of hydrogen-bond acceptors (Lipinski definition) is 8. The summed E-state index contributed by atoms with van der Waals surface area (Å²) in [4.78, 5) is 29.7. The van der Waals surface area contributed by atoms with Crippen LogP contribution < -0.4 is 14.5 Å². The van der Waals surface area contributed by atoms with Gasteiger partial charge in [0.1, 0.15) is 22.8 Å². The lowest BCUT2D eigenvalue weighted by Gasteiger charge is -2.42. The van der Waals surface area contributed by atoms with Crippen LogP contribution in [0.4, 0.5) is 17.1 Å². The Morgan fingerprint density at radius 2 is 1.42 bits per heavy atom. The first-order valence-electron chi connectivity index (χ1n) is 15.2. The number of hydrazone groups is 1. The molecule has 45 heavy (non-hydrogen) atoms. The molecule has 0 saturated carbocycles. The Bertz CT molecular complexity index is 1770. The zero-order chi connectivity index (χ0) is 31.9. The number of rotatable bonds is 9. The first-order chi connectivity index (χ1) is 21.8. The minimum absolute atomic E-state index is 0.115. The second-order valence-electron chi connectivity index (χ2n) is 10.9. The van der Waals surface area contributed by atoms with Crippen LogP contribution in [0.25, 0.3) is 0 Å². The van der Waals surface area contributed by atoms with Crippen molar-refractivity contribution < 1.29 is 19.6 Å². The van der Waals surface area contributed by atoms with Crippen molar-refractivity contribution in [2.24, 2.45) is 5.10 Å². The van der Waals surface area contributed by atoms with Crippen LogP contribution in [0.5, 0.6) is 17.2 Å². The van der Waals surface area contributed by atoms with Gasteiger partial charge in [0.15, 0.2) is 0 Å². The van der Waals surface area contributed by atoms with Crippen LogP contribution in [0.15, 0.2) is 84.0 Å². The zero-order valence-corrected chi connectivity index (χ0v) is 25.7. The number of hydrogen-bond donors (Lipinski definition) is 1. The predicted octanol–water partition coefficient (Wildman–Crippen LogP) is 6.88. The molecular weight excluding hydrogens is 570 g/mol. The first-order valence-corrected chi connectivity index (χ1v) is 15.2. The molecule has 1 amide bonds. The van der Waals surface area contributed by atoms with E-state index in [-0.39, 0.29) is 22.9 Å². The van der Waals surface area contributed by atoms with Crippen molar-refractivity contribution in [1.82, 2.24) is 5.01 Å². The molecule has 0 atom stereocenters. The molecule has 0 radical (unpaired) electrons. The minimum Gasteiger partial charge on any atom is -0.507 e. The average Bonchev–Trinajstić information content (AvgIpc) is 3.29. The molecule has 2 heterocycles. The van der Waals surface area contributed by atoms with Gasteiger partial charge in [0, 0.05) is 89.6 Å². The molecule has 6 rings (SSSR count). The normalized spacial score (nSPS) is 14.2. The Kier molecular flexibility index (Phi) is 7.66. The molecule has 10 nitrogen and oxygen atoms in total. The Morgan fingerprint density at radius 1 is 0.844 bits per heavy atom. The van der Waals surface area contributed by atoms with E-state index in [1.54, 1.807) is 6.07 Å². The smallest absolute Gasteiger partial charge is 0.275 e. The van der Waals surface area contributed by atoms with Gasteiger partial charge < -0.3 is 19.6 Å². The lowest BCUT2D eigenvalue weighted by atomic mass is 9.75. The minimum atomic E-state index is -1.22. The summed E-state index contributed by atoms with van der Waals surface area (Å²) < 4.78 is 6.69. The van der Waals surface area contributed by atoms with Gasteiger partial charge in [-0.2, -0.15) is 5.10 Å². The maximum atomic E-state index is 14.3. The summed E-state index contributed by atoms with van der Waals surface area (Å²) in [6.07, 6.45) is 1.30. The van der Waals surface area contributed by atoms with Crippen molar-refractivity contribution in [3.8, 4) is 17.2 Å². The van der Waals surface area contributed by atoms with E-state index in [1.165, 1.54) is 29.4 Å². The van der Waals surface area contributed by atoms with Gasteiger partial charge in [-0.1, -0.05) is 30.3 Å². The van der Waals surface area contributed by atoms with Gasteiger partial charge in [0.05, 0.1) is 11.1 Å². The Labute approximate surface area is 261 Å². The van der Waals surface area contributed by atoms with Crippen LogP contribution in [-0.4, -0.2) is 53.3 Å². The Balaban J connectivity index is 1.64. The third-order valence-electron chi connectivity index (χ3n) is 8.78. The second kappa shape index (κ2) is 11.6. The molecule has 0 bridgehead atoms. The Hall–Kier alpha value is -5.38. The van der Waals surface area contributed by atoms with Gasteiger partial charge in [0.2, 0.25) is 0 Å². The van der Waals surface area contributed by atoms with Gasteiger partial charge in [-0.25, -0.2) is 5.01 Å². The number of carbonyl (C=O) groups is 1. The highest BCUT2D eigenvalue weighted by atomic mass is 16.6. The van der Waals surface area contributed by atoms with Crippen LogP contribution in [0, 0.1) is 10.1 Å². The fourth-order valence-corrected chi connectivity index (χ4v) is 6.53. The molecule has 230 valence electrons. The molecule has 1 N–H and O–H groups in total. The average molecular weight is 606 g/mol. The number of phenolic OH excluding ortho intramolecular Hbond substituents is 1. The zero-order valence-electron chi connectivity index (χ0n) is 25.7. The number of nitro groups is 1. The number of ether oxygens (including phenoxy) is 1. The van der Waals surface area contributed by atoms with Crippen LogP contribution in [-0.2, 0) is 5.54 Å². The quantitative estimate of drug-likeness (QED) is 0.126. The number of amides is 1. The number of nitro benzene ring substituents is 1. The van der Waals surface area contributed by atoms with Crippen molar-refractivity contribution in [3.63, 3.8) is 0 Å². The summed E-state index contributed by atoms with van der Waals surface area (Å²) in [5, 5.41) is 28.2. The number of aromatic hydroxyl groups is 1. The highest BCUT2D eigenvalue weighted by Gasteiger charge is 2.57. The summed E-state index contributed by atoms with van der Waals surface area (Å²) in [5.41, 5.74) is 3.38. The van der Waals surface area contributed by atoms with E-state index in [1.807, 2.05) is 54.6 Å². The molecule has 10 heteroatoms. The molecule has 2 aliphatic heterocycles. The van der Waals surface area contributed by atoms with E-state index >= 15 is 0 Å². The SMILES string of the molecule is CCN(CC)c1ccc2c(c1)Oc1cc(N(CC)CC)ccc1C21c2ccccc2C(=O)N1/N=C/c1cc([N+](=O)[O-])ccc1O. The maximum absolute atomic E-state index is 14.3. The number of carbonyl (C=O) groups excluding carboxylic acids is 1. The standard InChI is InChI=1S/C35H35N5O5/c1-5-37(6-2)24-13-16-29-32(20-24)45-33-21-25(38(7-3)8-4)14-17-30(33)35(29)28-12-10-9-11-27(28)34(42)39(35)36-22-23-19-26(40(43)44)15-18-31(23)41/h9-22,41H,5-8H2,1-4H3/b36-22+. The van der Waals surface area contributed by atoms with E-state index in [2.05, 4.69) is 37.5 Å². The fraction of sp³-hybridized carbons (Fsp3) is 0.257. The molecule has 1 spiro atoms.